The second-order valence-electron chi connectivity index (χ2n) is 5.74. The van der Waals surface area contributed by atoms with E-state index in [0.717, 1.165) is 5.75 Å². The van der Waals surface area contributed by atoms with Crippen molar-refractivity contribution in [2.45, 2.75) is 13.8 Å². The summed E-state index contributed by atoms with van der Waals surface area (Å²) in [6.45, 7) is 3.51. The van der Waals surface area contributed by atoms with Crippen molar-refractivity contribution >= 4 is 23.2 Å². The maximum Gasteiger partial charge on any atom is 0.262 e. The van der Waals surface area contributed by atoms with Gasteiger partial charge in [0, 0.05) is 23.4 Å². The van der Waals surface area contributed by atoms with Gasteiger partial charge in [0.2, 0.25) is 5.91 Å². The number of carbonyl (C=O) groups excluding carboxylic acids is 2. The smallest absolute Gasteiger partial charge is 0.262 e. The summed E-state index contributed by atoms with van der Waals surface area (Å²) in [7, 11) is 1.58. The molecule has 2 aromatic carbocycles. The van der Waals surface area contributed by atoms with Crippen LogP contribution >= 0.6 is 0 Å². The number of rotatable bonds is 7. The summed E-state index contributed by atoms with van der Waals surface area (Å²) < 4.78 is 10.5. The standard InChI is InChI=1S/C19H22N2O4/c1-13(2)19(23)21-15-5-4-6-17(11-15)25-12-18(22)20-14-7-9-16(24-3)10-8-14/h4-11,13H,12H2,1-3H3,(H,20,22)(H,21,23). The van der Waals surface area contributed by atoms with Crippen molar-refractivity contribution in [3.8, 4) is 11.5 Å². The number of benzene rings is 2. The number of hydrogen-bond donors (Lipinski definition) is 2. The lowest BCUT2D eigenvalue weighted by molar-refractivity contribution is -0.119. The highest BCUT2D eigenvalue weighted by Crippen LogP contribution is 2.18. The van der Waals surface area contributed by atoms with E-state index < -0.39 is 0 Å². The molecule has 6 nitrogen and oxygen atoms in total. The Morgan fingerprint density at radius 3 is 2.32 bits per heavy atom. The van der Waals surface area contributed by atoms with Crippen molar-refractivity contribution in [1.82, 2.24) is 0 Å². The van der Waals surface area contributed by atoms with Crippen molar-refractivity contribution in [1.29, 1.82) is 0 Å². The zero-order valence-corrected chi connectivity index (χ0v) is 14.5. The molecular formula is C19H22N2O4. The molecule has 0 saturated carbocycles. The molecule has 0 saturated heterocycles. The van der Waals surface area contributed by atoms with E-state index in [0.29, 0.717) is 17.1 Å². The second kappa shape index (κ2) is 8.73. The van der Waals surface area contributed by atoms with Gasteiger partial charge in [0.25, 0.3) is 5.91 Å². The highest BCUT2D eigenvalue weighted by atomic mass is 16.5. The monoisotopic (exact) mass is 342 g/mol. The predicted octanol–water partition coefficient (Wildman–Crippen LogP) is 3.31. The molecule has 0 radical (unpaired) electrons. The lowest BCUT2D eigenvalue weighted by Crippen LogP contribution is -2.20. The molecule has 6 heteroatoms. The molecule has 0 aromatic heterocycles. The van der Waals surface area contributed by atoms with Crippen molar-refractivity contribution in [2.75, 3.05) is 24.4 Å². The van der Waals surface area contributed by atoms with E-state index in [1.807, 2.05) is 13.8 Å². The SMILES string of the molecule is COc1ccc(NC(=O)COc2cccc(NC(=O)C(C)C)c2)cc1. The average molecular weight is 342 g/mol. The third kappa shape index (κ3) is 5.84. The van der Waals surface area contributed by atoms with E-state index in [4.69, 9.17) is 9.47 Å². The van der Waals surface area contributed by atoms with Crippen molar-refractivity contribution in [3.63, 3.8) is 0 Å². The summed E-state index contributed by atoms with van der Waals surface area (Å²) in [6.07, 6.45) is 0. The molecule has 0 atom stereocenters. The summed E-state index contributed by atoms with van der Waals surface area (Å²) in [5.41, 5.74) is 1.29. The Balaban J connectivity index is 1.87. The molecule has 0 aliphatic heterocycles. The number of carbonyl (C=O) groups is 2. The van der Waals surface area contributed by atoms with Gasteiger partial charge >= 0.3 is 0 Å². The molecule has 2 N–H and O–H groups in total. The summed E-state index contributed by atoms with van der Waals surface area (Å²) in [5, 5.41) is 5.52. The van der Waals surface area contributed by atoms with Crippen LogP contribution < -0.4 is 20.1 Å². The van der Waals surface area contributed by atoms with Crippen LogP contribution in [0.2, 0.25) is 0 Å². The Hall–Kier alpha value is -3.02. The van der Waals surface area contributed by atoms with Gasteiger partial charge in [-0.3, -0.25) is 9.59 Å². The first-order valence-corrected chi connectivity index (χ1v) is 7.95. The maximum atomic E-state index is 12.0. The van der Waals surface area contributed by atoms with Crippen LogP contribution in [0.15, 0.2) is 48.5 Å². The Kier molecular flexibility index (Phi) is 6.39. The first-order valence-electron chi connectivity index (χ1n) is 7.95. The van der Waals surface area contributed by atoms with Crippen LogP contribution in [0.25, 0.3) is 0 Å². The number of ether oxygens (including phenoxy) is 2. The summed E-state index contributed by atoms with van der Waals surface area (Å²) in [6, 6.07) is 14.0. The fraction of sp³-hybridized carbons (Fsp3) is 0.263. The fourth-order valence-corrected chi connectivity index (χ4v) is 1.97. The highest BCUT2D eigenvalue weighted by molar-refractivity contribution is 5.93. The van der Waals surface area contributed by atoms with Crippen LogP contribution in [0.1, 0.15) is 13.8 Å². The van der Waals surface area contributed by atoms with Crippen molar-refractivity contribution < 1.29 is 19.1 Å². The van der Waals surface area contributed by atoms with Gasteiger partial charge in [-0.15, -0.1) is 0 Å². The van der Waals surface area contributed by atoms with Crippen LogP contribution in [0, 0.1) is 5.92 Å². The summed E-state index contributed by atoms with van der Waals surface area (Å²) in [4.78, 5) is 23.7. The molecule has 0 bridgehead atoms. The zero-order chi connectivity index (χ0) is 18.2. The first kappa shape index (κ1) is 18.3. The first-order chi connectivity index (χ1) is 12.0. The molecule has 2 aromatic rings. The van der Waals surface area contributed by atoms with E-state index in [2.05, 4.69) is 10.6 Å². The molecule has 2 amide bonds. The van der Waals surface area contributed by atoms with E-state index in [9.17, 15) is 9.59 Å². The molecule has 132 valence electrons. The van der Waals surface area contributed by atoms with Gasteiger partial charge in [0.15, 0.2) is 6.61 Å². The van der Waals surface area contributed by atoms with Crippen LogP contribution in [-0.2, 0) is 9.59 Å². The van der Waals surface area contributed by atoms with Gasteiger partial charge in [-0.2, -0.15) is 0 Å². The Labute approximate surface area is 147 Å². The molecule has 25 heavy (non-hydrogen) atoms. The van der Waals surface area contributed by atoms with Gasteiger partial charge in [-0.25, -0.2) is 0 Å². The van der Waals surface area contributed by atoms with Gasteiger partial charge in [-0.1, -0.05) is 19.9 Å². The van der Waals surface area contributed by atoms with E-state index in [-0.39, 0.29) is 24.3 Å². The fourth-order valence-electron chi connectivity index (χ4n) is 1.97. The average Bonchev–Trinajstić information content (AvgIpc) is 2.61. The molecule has 0 unspecified atom stereocenters. The van der Waals surface area contributed by atoms with Gasteiger partial charge in [0.05, 0.1) is 7.11 Å². The highest BCUT2D eigenvalue weighted by Gasteiger charge is 2.08. The van der Waals surface area contributed by atoms with Gasteiger partial charge in [-0.05, 0) is 36.4 Å². The second-order valence-corrected chi connectivity index (χ2v) is 5.74. The lowest BCUT2D eigenvalue weighted by atomic mass is 10.2. The Morgan fingerprint density at radius 1 is 0.960 bits per heavy atom. The van der Waals surface area contributed by atoms with Crippen molar-refractivity contribution in [3.05, 3.63) is 48.5 Å². The molecular weight excluding hydrogens is 320 g/mol. The van der Waals surface area contributed by atoms with Crippen LogP contribution in [0.3, 0.4) is 0 Å². The number of anilines is 2. The largest absolute Gasteiger partial charge is 0.497 e. The number of methoxy groups -OCH3 is 1. The van der Waals surface area contributed by atoms with E-state index in [1.165, 1.54) is 0 Å². The van der Waals surface area contributed by atoms with E-state index in [1.54, 1.807) is 55.6 Å². The zero-order valence-electron chi connectivity index (χ0n) is 14.5. The number of nitrogens with one attached hydrogen (secondary N) is 2. The third-order valence-electron chi connectivity index (χ3n) is 3.37. The Bertz CT molecular complexity index is 726. The molecule has 0 aliphatic rings. The molecule has 0 heterocycles. The van der Waals surface area contributed by atoms with Crippen molar-refractivity contribution in [2.24, 2.45) is 5.92 Å². The molecule has 0 spiro atoms. The quantitative estimate of drug-likeness (QED) is 0.809. The maximum absolute atomic E-state index is 12.0. The summed E-state index contributed by atoms with van der Waals surface area (Å²) in [5.74, 6) is 0.761. The van der Waals surface area contributed by atoms with Crippen LogP contribution in [0.4, 0.5) is 11.4 Å². The van der Waals surface area contributed by atoms with Gasteiger partial charge in [0.1, 0.15) is 11.5 Å². The Morgan fingerprint density at radius 2 is 1.68 bits per heavy atom. The lowest BCUT2D eigenvalue weighted by Gasteiger charge is -2.11. The number of amides is 2. The molecule has 2 rings (SSSR count). The third-order valence-corrected chi connectivity index (χ3v) is 3.37. The van der Waals surface area contributed by atoms with Gasteiger partial charge < -0.3 is 20.1 Å². The summed E-state index contributed by atoms with van der Waals surface area (Å²) >= 11 is 0. The molecule has 0 fully saturated rings. The topological polar surface area (TPSA) is 76.7 Å². The minimum atomic E-state index is -0.276. The minimum Gasteiger partial charge on any atom is -0.497 e. The van der Waals surface area contributed by atoms with E-state index >= 15 is 0 Å². The predicted molar refractivity (Wildman–Crippen MR) is 97.0 cm³/mol. The number of hydrogen-bond acceptors (Lipinski definition) is 4. The minimum absolute atomic E-state index is 0.0746. The van der Waals surface area contributed by atoms with Crippen LogP contribution in [0.5, 0.6) is 11.5 Å². The normalized spacial score (nSPS) is 10.2. The molecule has 0 aliphatic carbocycles. The van der Waals surface area contributed by atoms with Crippen LogP contribution in [-0.4, -0.2) is 25.5 Å².